The van der Waals surface area contributed by atoms with E-state index < -0.39 is 12.2 Å². The van der Waals surface area contributed by atoms with Gasteiger partial charge in [0.15, 0.2) is 0 Å². The number of rotatable bonds is 3. The Hall–Kier alpha value is -0.250. The van der Waals surface area contributed by atoms with E-state index in [1.807, 2.05) is 13.8 Å². The first-order valence-electron chi connectivity index (χ1n) is 4.98. The summed E-state index contributed by atoms with van der Waals surface area (Å²) in [5, 5.41) is 0. The molecule has 0 radical (unpaired) electrons. The Balaban J connectivity index is 0. The fourth-order valence-electron chi connectivity index (χ4n) is 1.08. The van der Waals surface area contributed by atoms with Gasteiger partial charge in [0.2, 0.25) is 0 Å². The molecule has 88 valence electrons. The first kappa shape index (κ1) is 16.2. The molecule has 0 aliphatic heterocycles. The van der Waals surface area contributed by atoms with E-state index in [2.05, 4.69) is 0 Å². The molecule has 0 aliphatic carbocycles. The van der Waals surface area contributed by atoms with Crippen LogP contribution >= 0.6 is 0 Å². The largest absolute Gasteiger partial charge is 0.404 e. The van der Waals surface area contributed by atoms with Gasteiger partial charge in [0.1, 0.15) is 6.04 Å². The molecular weight excluding hydrogens is 191 g/mol. The number of hydrogen-bond donors (Lipinski definition) is 0. The highest BCUT2D eigenvalue weighted by Crippen LogP contribution is 2.27. The molecule has 0 saturated carbocycles. The Morgan fingerprint density at radius 1 is 1.07 bits per heavy atom. The van der Waals surface area contributed by atoms with E-state index in [1.165, 1.54) is 19.0 Å². The summed E-state index contributed by atoms with van der Waals surface area (Å²) in [6.07, 6.45) is -3.94. The van der Waals surface area contributed by atoms with E-state index in [4.69, 9.17) is 0 Å². The van der Waals surface area contributed by atoms with Crippen molar-refractivity contribution >= 4 is 0 Å². The van der Waals surface area contributed by atoms with Crippen molar-refractivity contribution in [2.24, 2.45) is 5.92 Å². The number of nitrogens with zero attached hydrogens (tertiary/aromatic N) is 1. The third-order valence-electron chi connectivity index (χ3n) is 1.70. The summed E-state index contributed by atoms with van der Waals surface area (Å²) < 4.78 is 36.9. The van der Waals surface area contributed by atoms with Crippen molar-refractivity contribution in [3.8, 4) is 0 Å². The molecule has 0 fully saturated rings. The van der Waals surface area contributed by atoms with E-state index in [1.54, 1.807) is 13.8 Å². The molecule has 0 N–H and O–H groups in total. The Bertz CT molecular complexity index is 130. The summed E-state index contributed by atoms with van der Waals surface area (Å²) in [5.74, 6) is 0.0685. The highest BCUT2D eigenvalue weighted by molar-refractivity contribution is 4.75. The normalized spacial score (nSPS) is 13.9. The molecule has 0 aromatic heterocycles. The molecule has 1 nitrogen and oxygen atoms in total. The lowest BCUT2D eigenvalue weighted by atomic mass is 10.0. The first-order chi connectivity index (χ1) is 6.25. The van der Waals surface area contributed by atoms with Gasteiger partial charge < -0.3 is 0 Å². The molecule has 0 spiro atoms. The van der Waals surface area contributed by atoms with Gasteiger partial charge in [0.25, 0.3) is 0 Å². The van der Waals surface area contributed by atoms with Crippen LogP contribution in [-0.2, 0) is 0 Å². The van der Waals surface area contributed by atoms with Crippen molar-refractivity contribution in [1.82, 2.24) is 4.90 Å². The van der Waals surface area contributed by atoms with Crippen molar-refractivity contribution in [1.29, 1.82) is 0 Å². The number of hydrogen-bond acceptors (Lipinski definition) is 1. The van der Waals surface area contributed by atoms with Crippen LogP contribution in [-0.4, -0.2) is 31.2 Å². The lowest BCUT2D eigenvalue weighted by Gasteiger charge is -2.27. The van der Waals surface area contributed by atoms with Gasteiger partial charge in [-0.2, -0.15) is 13.2 Å². The molecule has 0 aliphatic rings. The lowest BCUT2D eigenvalue weighted by Crippen LogP contribution is -2.42. The number of halogens is 3. The van der Waals surface area contributed by atoms with Crippen molar-refractivity contribution in [3.05, 3.63) is 0 Å². The minimum absolute atomic E-state index is 0.0685. The highest BCUT2D eigenvalue weighted by atomic mass is 19.4. The zero-order chi connectivity index (χ0) is 11.9. The Morgan fingerprint density at radius 3 is 1.50 bits per heavy atom. The van der Waals surface area contributed by atoms with Crippen molar-refractivity contribution in [2.75, 3.05) is 14.1 Å². The second-order valence-corrected chi connectivity index (χ2v) is 3.65. The Labute approximate surface area is 85.3 Å². The van der Waals surface area contributed by atoms with Gasteiger partial charge in [0, 0.05) is 0 Å². The average molecular weight is 213 g/mol. The van der Waals surface area contributed by atoms with Crippen molar-refractivity contribution < 1.29 is 13.2 Å². The second kappa shape index (κ2) is 7.10. The van der Waals surface area contributed by atoms with E-state index in [-0.39, 0.29) is 12.3 Å². The predicted molar refractivity (Wildman–Crippen MR) is 54.3 cm³/mol. The van der Waals surface area contributed by atoms with Crippen LogP contribution in [0, 0.1) is 5.92 Å². The number of alkyl halides is 3. The summed E-state index contributed by atoms with van der Waals surface area (Å²) >= 11 is 0. The molecule has 4 heteroatoms. The maximum Gasteiger partial charge on any atom is 0.404 e. The molecule has 0 saturated heterocycles. The molecule has 0 amide bonds. The van der Waals surface area contributed by atoms with Crippen molar-refractivity contribution in [2.45, 2.75) is 46.3 Å². The Kier molecular flexibility index (Phi) is 8.21. The SMILES string of the molecule is CC.CC(C)CC(N(C)C)C(F)(F)F. The van der Waals surface area contributed by atoms with E-state index in [9.17, 15) is 13.2 Å². The molecule has 14 heavy (non-hydrogen) atoms. The molecule has 1 unspecified atom stereocenters. The summed E-state index contributed by atoms with van der Waals surface area (Å²) in [7, 11) is 2.92. The third-order valence-corrected chi connectivity index (χ3v) is 1.70. The topological polar surface area (TPSA) is 3.24 Å². The van der Waals surface area contributed by atoms with Crippen LogP contribution in [0.2, 0.25) is 0 Å². The zero-order valence-electron chi connectivity index (χ0n) is 9.94. The highest BCUT2D eigenvalue weighted by Gasteiger charge is 2.40. The van der Waals surface area contributed by atoms with Gasteiger partial charge in [-0.3, -0.25) is 4.90 Å². The maximum atomic E-state index is 12.3. The van der Waals surface area contributed by atoms with E-state index >= 15 is 0 Å². The summed E-state index contributed by atoms with van der Waals surface area (Å²) in [4.78, 5) is 1.22. The van der Waals surface area contributed by atoms with E-state index in [0.717, 1.165) is 0 Å². The van der Waals surface area contributed by atoms with Gasteiger partial charge in [-0.25, -0.2) is 0 Å². The maximum absolute atomic E-state index is 12.3. The van der Waals surface area contributed by atoms with E-state index in [0.29, 0.717) is 0 Å². The van der Waals surface area contributed by atoms with Crippen LogP contribution in [0.1, 0.15) is 34.1 Å². The van der Waals surface area contributed by atoms with Gasteiger partial charge >= 0.3 is 6.18 Å². The van der Waals surface area contributed by atoms with Gasteiger partial charge in [-0.05, 0) is 26.4 Å². The van der Waals surface area contributed by atoms with Crippen LogP contribution in [0.5, 0.6) is 0 Å². The smallest absolute Gasteiger partial charge is 0.298 e. The molecule has 0 aromatic carbocycles. The van der Waals surface area contributed by atoms with Crippen LogP contribution in [0.3, 0.4) is 0 Å². The van der Waals surface area contributed by atoms with Crippen LogP contribution in [0.25, 0.3) is 0 Å². The second-order valence-electron chi connectivity index (χ2n) is 3.65. The summed E-state index contributed by atoms with van der Waals surface area (Å²) in [5.41, 5.74) is 0. The fraction of sp³-hybridized carbons (Fsp3) is 1.00. The lowest BCUT2D eigenvalue weighted by molar-refractivity contribution is -0.180. The minimum Gasteiger partial charge on any atom is -0.298 e. The molecule has 0 heterocycles. The van der Waals surface area contributed by atoms with Crippen molar-refractivity contribution in [3.63, 3.8) is 0 Å². The third kappa shape index (κ3) is 7.18. The molecule has 0 rings (SSSR count). The molecule has 1 atom stereocenters. The van der Waals surface area contributed by atoms with Crippen LogP contribution in [0.4, 0.5) is 13.2 Å². The minimum atomic E-state index is -4.10. The first-order valence-corrected chi connectivity index (χ1v) is 4.98. The fourth-order valence-corrected chi connectivity index (χ4v) is 1.08. The monoisotopic (exact) mass is 213 g/mol. The quantitative estimate of drug-likeness (QED) is 0.693. The van der Waals surface area contributed by atoms with Gasteiger partial charge in [0.05, 0.1) is 0 Å². The molecular formula is C10H22F3N. The molecule has 0 aromatic rings. The summed E-state index contributed by atoms with van der Waals surface area (Å²) in [6.45, 7) is 7.59. The predicted octanol–water partition coefficient (Wildman–Crippen LogP) is 3.55. The van der Waals surface area contributed by atoms with Gasteiger partial charge in [-0.15, -0.1) is 0 Å². The standard InChI is InChI=1S/C8H16F3N.C2H6/c1-6(2)5-7(12(3)4)8(9,10)11;1-2/h6-7H,5H2,1-4H3;1-2H3. The summed E-state index contributed by atoms with van der Waals surface area (Å²) in [6, 6.07) is -1.31. The van der Waals surface area contributed by atoms with Crippen LogP contribution < -0.4 is 0 Å². The van der Waals surface area contributed by atoms with Gasteiger partial charge in [-0.1, -0.05) is 27.7 Å². The Morgan fingerprint density at radius 2 is 1.43 bits per heavy atom. The molecule has 0 bridgehead atoms. The average Bonchev–Trinajstić information content (AvgIpc) is 2.01. The zero-order valence-corrected chi connectivity index (χ0v) is 9.94. The van der Waals surface area contributed by atoms with Crippen LogP contribution in [0.15, 0.2) is 0 Å².